The van der Waals surface area contributed by atoms with Gasteiger partial charge in [-0.15, -0.1) is 0 Å². The van der Waals surface area contributed by atoms with Crippen molar-refractivity contribution >= 4 is 56.2 Å². The smallest absolute Gasteiger partial charge is 0.266 e. The molecule has 1 aromatic heterocycles. The predicted octanol–water partition coefficient (Wildman–Crippen LogP) is 6.31. The van der Waals surface area contributed by atoms with Crippen LogP contribution in [0.3, 0.4) is 0 Å². The molecule has 3 aromatic rings. The maximum absolute atomic E-state index is 13.1. The van der Waals surface area contributed by atoms with E-state index in [0.29, 0.717) is 9.23 Å². The summed E-state index contributed by atoms with van der Waals surface area (Å²) in [6.07, 6.45) is 4.68. The molecule has 5 nitrogen and oxygen atoms in total. The van der Waals surface area contributed by atoms with Gasteiger partial charge in [0.2, 0.25) is 0 Å². The molecule has 0 aliphatic carbocycles. The van der Waals surface area contributed by atoms with Crippen molar-refractivity contribution in [3.63, 3.8) is 0 Å². The third-order valence-corrected chi connectivity index (χ3v) is 7.28. The number of ether oxygens (including phenoxy) is 1. The average molecular weight is 528 g/mol. The lowest BCUT2D eigenvalue weighted by Gasteiger charge is -2.21. The highest BCUT2D eigenvalue weighted by atomic mass is 79.9. The Morgan fingerprint density at radius 2 is 2.00 bits per heavy atom. The minimum absolute atomic E-state index is 0.0522. The van der Waals surface area contributed by atoms with Crippen molar-refractivity contribution in [2.24, 2.45) is 0 Å². The molecule has 0 bridgehead atoms. The van der Waals surface area contributed by atoms with Crippen LogP contribution in [-0.2, 0) is 4.79 Å². The first-order chi connectivity index (χ1) is 15.4. The summed E-state index contributed by atoms with van der Waals surface area (Å²) >= 11 is 10.4. The molecule has 164 valence electrons. The summed E-state index contributed by atoms with van der Waals surface area (Å²) < 4.78 is 8.63. The van der Waals surface area contributed by atoms with Gasteiger partial charge in [-0.1, -0.05) is 49.1 Å². The Morgan fingerprint density at radius 1 is 1.25 bits per heavy atom. The molecule has 0 spiro atoms. The summed E-state index contributed by atoms with van der Waals surface area (Å²) in [4.78, 5) is 15.4. The zero-order valence-corrected chi connectivity index (χ0v) is 21.1. The first kappa shape index (κ1) is 22.8. The van der Waals surface area contributed by atoms with Crippen LogP contribution in [0, 0.1) is 0 Å². The van der Waals surface area contributed by atoms with E-state index in [0.717, 1.165) is 39.2 Å². The number of hydrogen-bond acceptors (Lipinski definition) is 5. The van der Waals surface area contributed by atoms with Crippen LogP contribution in [0.25, 0.3) is 23.0 Å². The van der Waals surface area contributed by atoms with Crippen molar-refractivity contribution in [2.45, 2.75) is 26.3 Å². The topological polar surface area (TPSA) is 47.4 Å². The zero-order valence-electron chi connectivity index (χ0n) is 17.9. The molecule has 1 unspecified atom stereocenters. The fraction of sp³-hybridized carbons (Fsp3) is 0.208. The molecule has 1 aliphatic rings. The van der Waals surface area contributed by atoms with Gasteiger partial charge in [0.05, 0.1) is 22.2 Å². The molecule has 2 aromatic carbocycles. The molecule has 32 heavy (non-hydrogen) atoms. The normalized spacial score (nSPS) is 16.1. The molecule has 0 saturated carbocycles. The largest absolute Gasteiger partial charge is 0.496 e. The Labute approximate surface area is 205 Å². The zero-order chi connectivity index (χ0) is 22.8. The minimum atomic E-state index is -0.0522. The van der Waals surface area contributed by atoms with Gasteiger partial charge in [0.25, 0.3) is 5.91 Å². The number of benzene rings is 2. The lowest BCUT2D eigenvalue weighted by Crippen LogP contribution is -2.36. The molecule has 0 radical (unpaired) electrons. The van der Waals surface area contributed by atoms with E-state index in [1.165, 1.54) is 11.8 Å². The number of methoxy groups -OCH3 is 1. The molecular weight excluding hydrogens is 506 g/mol. The van der Waals surface area contributed by atoms with Crippen LogP contribution in [0.5, 0.6) is 5.75 Å². The van der Waals surface area contributed by atoms with Crippen LogP contribution in [0.15, 0.2) is 64.1 Å². The quantitative estimate of drug-likeness (QED) is 0.277. The number of carbonyl (C=O) groups excluding carboxylic acids is 1. The van der Waals surface area contributed by atoms with Crippen LogP contribution in [0.4, 0.5) is 0 Å². The first-order valence-electron chi connectivity index (χ1n) is 10.2. The summed E-state index contributed by atoms with van der Waals surface area (Å²) in [7, 11) is 1.63. The van der Waals surface area contributed by atoms with Crippen LogP contribution < -0.4 is 4.74 Å². The van der Waals surface area contributed by atoms with Crippen molar-refractivity contribution in [1.82, 2.24) is 14.7 Å². The standard InChI is InChI=1S/C24H22BrN3O2S2/c1-4-15(2)28-23(29)21(32-24(28)31)13-17-14-27(18-8-6-5-7-9-18)26-22(17)16-10-11-20(30-3)19(25)12-16/h5-15H,4H2,1-3H3. The van der Waals surface area contributed by atoms with Gasteiger partial charge in [0, 0.05) is 23.4 Å². The fourth-order valence-corrected chi connectivity index (χ4v) is 5.42. The van der Waals surface area contributed by atoms with Crippen molar-refractivity contribution < 1.29 is 9.53 Å². The van der Waals surface area contributed by atoms with Crippen LogP contribution in [0.2, 0.25) is 0 Å². The lowest BCUT2D eigenvalue weighted by molar-refractivity contribution is -0.123. The molecule has 1 amide bonds. The third kappa shape index (κ3) is 4.40. The second-order valence-corrected chi connectivity index (χ2v) is 9.90. The number of nitrogens with zero attached hydrogens (tertiary/aromatic N) is 3. The number of thioether (sulfide) groups is 1. The number of carbonyl (C=O) groups is 1. The minimum Gasteiger partial charge on any atom is -0.496 e. The Balaban J connectivity index is 1.81. The van der Waals surface area contributed by atoms with Crippen molar-refractivity contribution in [2.75, 3.05) is 7.11 Å². The Bertz CT molecular complexity index is 1210. The third-order valence-electron chi connectivity index (χ3n) is 5.33. The van der Waals surface area contributed by atoms with Gasteiger partial charge in [0.15, 0.2) is 0 Å². The van der Waals surface area contributed by atoms with E-state index in [1.807, 2.05) is 72.4 Å². The molecule has 8 heteroatoms. The van der Waals surface area contributed by atoms with E-state index in [4.69, 9.17) is 22.1 Å². The number of amides is 1. The molecule has 1 atom stereocenters. The van der Waals surface area contributed by atoms with E-state index in [1.54, 1.807) is 12.0 Å². The maximum atomic E-state index is 13.1. The number of halogens is 1. The monoisotopic (exact) mass is 527 g/mol. The molecule has 1 saturated heterocycles. The molecule has 4 rings (SSSR count). The summed E-state index contributed by atoms with van der Waals surface area (Å²) in [5.41, 5.74) is 3.46. The maximum Gasteiger partial charge on any atom is 0.266 e. The predicted molar refractivity (Wildman–Crippen MR) is 138 cm³/mol. The van der Waals surface area contributed by atoms with Crippen LogP contribution >= 0.6 is 39.9 Å². The van der Waals surface area contributed by atoms with Gasteiger partial charge >= 0.3 is 0 Å². The highest BCUT2D eigenvalue weighted by Gasteiger charge is 2.35. The van der Waals surface area contributed by atoms with Crippen LogP contribution in [0.1, 0.15) is 25.8 Å². The van der Waals surface area contributed by atoms with Gasteiger partial charge in [-0.3, -0.25) is 9.69 Å². The first-order valence-corrected chi connectivity index (χ1v) is 12.2. The molecule has 1 fully saturated rings. The van der Waals surface area contributed by atoms with Gasteiger partial charge in [-0.2, -0.15) is 5.10 Å². The van der Waals surface area contributed by atoms with Gasteiger partial charge in [-0.05, 0) is 65.7 Å². The molecule has 1 aliphatic heterocycles. The average Bonchev–Trinajstić information content (AvgIpc) is 3.34. The number of para-hydroxylation sites is 1. The van der Waals surface area contributed by atoms with E-state index in [2.05, 4.69) is 22.9 Å². The second-order valence-electron chi connectivity index (χ2n) is 7.37. The van der Waals surface area contributed by atoms with E-state index < -0.39 is 0 Å². The van der Waals surface area contributed by atoms with Gasteiger partial charge in [-0.25, -0.2) is 4.68 Å². The lowest BCUT2D eigenvalue weighted by atomic mass is 10.1. The molecular formula is C24H22BrN3O2S2. The Kier molecular flexibility index (Phi) is 6.83. The van der Waals surface area contributed by atoms with E-state index in [-0.39, 0.29) is 11.9 Å². The molecule has 2 heterocycles. The molecule has 0 N–H and O–H groups in total. The Morgan fingerprint density at radius 3 is 2.66 bits per heavy atom. The Hall–Kier alpha value is -2.42. The number of thiocarbonyl (C=S) groups is 1. The summed E-state index contributed by atoms with van der Waals surface area (Å²) in [5.74, 6) is 0.691. The second kappa shape index (κ2) is 9.60. The number of hydrogen-bond donors (Lipinski definition) is 0. The summed E-state index contributed by atoms with van der Waals surface area (Å²) in [5, 5.41) is 4.85. The highest BCUT2D eigenvalue weighted by molar-refractivity contribution is 9.10. The van der Waals surface area contributed by atoms with Gasteiger partial charge in [0.1, 0.15) is 15.8 Å². The van der Waals surface area contributed by atoms with Crippen LogP contribution in [-0.4, -0.2) is 38.1 Å². The highest BCUT2D eigenvalue weighted by Crippen LogP contribution is 2.37. The van der Waals surface area contributed by atoms with Crippen molar-refractivity contribution in [3.8, 4) is 22.7 Å². The summed E-state index contributed by atoms with van der Waals surface area (Å²) in [6, 6.07) is 15.8. The fourth-order valence-electron chi connectivity index (χ4n) is 3.43. The van der Waals surface area contributed by atoms with Crippen molar-refractivity contribution in [1.29, 1.82) is 0 Å². The van der Waals surface area contributed by atoms with Gasteiger partial charge < -0.3 is 4.74 Å². The number of rotatable bonds is 6. The summed E-state index contributed by atoms with van der Waals surface area (Å²) in [6.45, 7) is 4.07. The van der Waals surface area contributed by atoms with Crippen molar-refractivity contribution in [3.05, 3.63) is 69.7 Å². The number of aromatic nitrogens is 2. The van der Waals surface area contributed by atoms with E-state index >= 15 is 0 Å². The SMILES string of the molecule is CCC(C)N1C(=O)C(=Cc2cn(-c3ccccc3)nc2-c2ccc(OC)c(Br)c2)SC1=S. The van der Waals surface area contributed by atoms with E-state index in [9.17, 15) is 4.79 Å².